The largest absolute Gasteiger partial charge is 0.388 e. The predicted octanol–water partition coefficient (Wildman–Crippen LogP) is 2.04. The van der Waals surface area contributed by atoms with Gasteiger partial charge in [-0.05, 0) is 50.8 Å². The smallest absolute Gasteiger partial charge is 0.314 e. The number of nitrogens with one attached hydrogen (secondary N) is 2. The van der Waals surface area contributed by atoms with Gasteiger partial charge < -0.3 is 15.7 Å². The Labute approximate surface area is 138 Å². The van der Waals surface area contributed by atoms with Crippen LogP contribution in [0.1, 0.15) is 43.7 Å². The third-order valence-corrected chi connectivity index (χ3v) is 5.08. The second kappa shape index (κ2) is 7.32. The van der Waals surface area contributed by atoms with Crippen LogP contribution in [0.4, 0.5) is 4.79 Å². The lowest BCUT2D eigenvalue weighted by molar-refractivity contribution is -0.0290. The van der Waals surface area contributed by atoms with E-state index in [1.165, 1.54) is 18.4 Å². The molecule has 1 aromatic carbocycles. The van der Waals surface area contributed by atoms with Crippen LogP contribution >= 0.6 is 0 Å². The van der Waals surface area contributed by atoms with Gasteiger partial charge in [-0.2, -0.15) is 0 Å². The highest BCUT2D eigenvalue weighted by Gasteiger charge is 2.34. The summed E-state index contributed by atoms with van der Waals surface area (Å²) in [5.74, 6) is 0. The molecule has 1 aromatic rings. The van der Waals surface area contributed by atoms with Crippen molar-refractivity contribution in [3.63, 3.8) is 0 Å². The van der Waals surface area contributed by atoms with E-state index < -0.39 is 5.60 Å². The minimum Gasteiger partial charge on any atom is -0.388 e. The fraction of sp³-hybridized carbons (Fsp3) is 0.611. The summed E-state index contributed by atoms with van der Waals surface area (Å²) >= 11 is 0. The van der Waals surface area contributed by atoms with Gasteiger partial charge in [-0.25, -0.2) is 4.79 Å². The molecule has 0 radical (unpaired) electrons. The first-order valence-electron chi connectivity index (χ1n) is 8.69. The molecule has 0 unspecified atom stereocenters. The Morgan fingerprint density at radius 1 is 1.13 bits per heavy atom. The van der Waals surface area contributed by atoms with E-state index in [-0.39, 0.29) is 12.1 Å². The highest BCUT2D eigenvalue weighted by molar-refractivity contribution is 5.74. The fourth-order valence-electron chi connectivity index (χ4n) is 3.44. The summed E-state index contributed by atoms with van der Waals surface area (Å²) in [6, 6.07) is 10.4. The molecule has 2 aliphatic rings. The van der Waals surface area contributed by atoms with E-state index in [9.17, 15) is 9.90 Å². The van der Waals surface area contributed by atoms with E-state index in [2.05, 4.69) is 27.7 Å². The molecule has 3 N–H and O–H groups in total. The highest BCUT2D eigenvalue weighted by Crippen LogP contribution is 2.30. The molecule has 1 atom stereocenters. The van der Waals surface area contributed by atoms with Crippen LogP contribution in [-0.2, 0) is 0 Å². The third-order valence-electron chi connectivity index (χ3n) is 5.08. The van der Waals surface area contributed by atoms with Crippen LogP contribution in [0.5, 0.6) is 0 Å². The molecule has 5 nitrogen and oxygen atoms in total. The number of aliphatic hydroxyl groups is 1. The minimum absolute atomic E-state index is 0.189. The first-order chi connectivity index (χ1) is 11.2. The Morgan fingerprint density at radius 3 is 2.43 bits per heavy atom. The number of rotatable bonds is 6. The monoisotopic (exact) mass is 317 g/mol. The Hall–Kier alpha value is -1.59. The molecule has 3 rings (SSSR count). The molecule has 1 heterocycles. The van der Waals surface area contributed by atoms with Crippen molar-refractivity contribution in [2.24, 2.45) is 0 Å². The Kier molecular flexibility index (Phi) is 5.18. The maximum Gasteiger partial charge on any atom is 0.314 e. The number of carbonyl (C=O) groups excluding carboxylic acids is 1. The van der Waals surface area contributed by atoms with Crippen molar-refractivity contribution in [3.8, 4) is 0 Å². The first kappa shape index (κ1) is 16.3. The van der Waals surface area contributed by atoms with Crippen LogP contribution < -0.4 is 10.6 Å². The summed E-state index contributed by atoms with van der Waals surface area (Å²) in [6.45, 7) is 3.11. The summed E-state index contributed by atoms with van der Waals surface area (Å²) in [7, 11) is 0. The van der Waals surface area contributed by atoms with E-state index in [0.29, 0.717) is 13.1 Å². The number of urea groups is 1. The SMILES string of the molecule is O=C(NC[C@H](c1ccccc1)N1CCCC1)NCC1(O)CCC1. The molecule has 1 aliphatic heterocycles. The molecule has 2 amide bonds. The molecule has 126 valence electrons. The number of nitrogens with zero attached hydrogens (tertiary/aromatic N) is 1. The van der Waals surface area contributed by atoms with Crippen molar-refractivity contribution in [1.29, 1.82) is 0 Å². The van der Waals surface area contributed by atoms with Crippen LogP contribution in [0.2, 0.25) is 0 Å². The zero-order valence-corrected chi connectivity index (χ0v) is 13.6. The normalized spacial score (nSPS) is 21.4. The van der Waals surface area contributed by atoms with Crippen molar-refractivity contribution in [3.05, 3.63) is 35.9 Å². The van der Waals surface area contributed by atoms with E-state index in [0.717, 1.165) is 32.4 Å². The zero-order chi connectivity index (χ0) is 16.1. The van der Waals surface area contributed by atoms with E-state index in [4.69, 9.17) is 0 Å². The standard InChI is InChI=1S/C18H27N3O2/c22-17(20-14-18(23)9-6-10-18)19-13-16(21-11-4-5-12-21)15-7-2-1-3-8-15/h1-3,7-8,16,23H,4-6,9-14H2,(H2,19,20,22)/t16-/m1/s1. The second-order valence-corrected chi connectivity index (χ2v) is 6.81. The summed E-state index contributed by atoms with van der Waals surface area (Å²) in [6.07, 6.45) is 5.07. The van der Waals surface area contributed by atoms with Crippen molar-refractivity contribution in [2.75, 3.05) is 26.2 Å². The molecule has 1 aliphatic carbocycles. The van der Waals surface area contributed by atoms with Crippen LogP contribution in [0.25, 0.3) is 0 Å². The van der Waals surface area contributed by atoms with Gasteiger partial charge in [0.1, 0.15) is 0 Å². The second-order valence-electron chi connectivity index (χ2n) is 6.81. The average molecular weight is 317 g/mol. The van der Waals surface area contributed by atoms with Gasteiger partial charge in [-0.1, -0.05) is 30.3 Å². The van der Waals surface area contributed by atoms with Crippen LogP contribution in [-0.4, -0.2) is 47.8 Å². The Bertz CT molecular complexity index is 510. The van der Waals surface area contributed by atoms with E-state index in [1.54, 1.807) is 0 Å². The van der Waals surface area contributed by atoms with Crippen molar-refractivity contribution < 1.29 is 9.90 Å². The molecular weight excluding hydrogens is 290 g/mol. The minimum atomic E-state index is -0.675. The lowest BCUT2D eigenvalue weighted by Crippen LogP contribution is -2.51. The highest BCUT2D eigenvalue weighted by atomic mass is 16.3. The number of amides is 2. The lowest BCUT2D eigenvalue weighted by atomic mass is 9.80. The van der Waals surface area contributed by atoms with Gasteiger partial charge in [0.15, 0.2) is 0 Å². The number of hydrogen-bond donors (Lipinski definition) is 3. The topological polar surface area (TPSA) is 64.6 Å². The molecule has 1 saturated heterocycles. The third kappa shape index (κ3) is 4.24. The van der Waals surface area contributed by atoms with Gasteiger partial charge in [-0.3, -0.25) is 4.90 Å². The zero-order valence-electron chi connectivity index (χ0n) is 13.6. The summed E-state index contributed by atoms with van der Waals surface area (Å²) in [5, 5.41) is 15.8. The quantitative estimate of drug-likeness (QED) is 0.752. The number of likely N-dealkylation sites (tertiary alicyclic amines) is 1. The molecule has 0 spiro atoms. The van der Waals surface area contributed by atoms with Gasteiger partial charge in [0.25, 0.3) is 0 Å². The number of hydrogen-bond acceptors (Lipinski definition) is 3. The Balaban J connectivity index is 1.52. The lowest BCUT2D eigenvalue weighted by Gasteiger charge is -2.36. The van der Waals surface area contributed by atoms with Gasteiger partial charge in [-0.15, -0.1) is 0 Å². The Morgan fingerprint density at radius 2 is 1.83 bits per heavy atom. The molecule has 23 heavy (non-hydrogen) atoms. The van der Waals surface area contributed by atoms with Gasteiger partial charge in [0.05, 0.1) is 11.6 Å². The van der Waals surface area contributed by atoms with Crippen molar-refractivity contribution in [2.45, 2.75) is 43.7 Å². The number of carbonyl (C=O) groups is 1. The maximum absolute atomic E-state index is 12.0. The fourth-order valence-corrected chi connectivity index (χ4v) is 3.44. The van der Waals surface area contributed by atoms with E-state index in [1.807, 2.05) is 18.2 Å². The molecule has 0 aromatic heterocycles. The molecule has 2 fully saturated rings. The summed E-state index contributed by atoms with van der Waals surface area (Å²) in [4.78, 5) is 14.5. The van der Waals surface area contributed by atoms with Gasteiger partial charge in [0.2, 0.25) is 0 Å². The van der Waals surface area contributed by atoms with Crippen molar-refractivity contribution in [1.82, 2.24) is 15.5 Å². The number of benzene rings is 1. The van der Waals surface area contributed by atoms with E-state index >= 15 is 0 Å². The predicted molar refractivity (Wildman–Crippen MR) is 90.2 cm³/mol. The summed E-state index contributed by atoms with van der Waals surface area (Å²) < 4.78 is 0. The van der Waals surface area contributed by atoms with Crippen LogP contribution in [0, 0.1) is 0 Å². The van der Waals surface area contributed by atoms with Crippen LogP contribution in [0.3, 0.4) is 0 Å². The molecular formula is C18H27N3O2. The van der Waals surface area contributed by atoms with Gasteiger partial charge >= 0.3 is 6.03 Å². The summed E-state index contributed by atoms with van der Waals surface area (Å²) in [5.41, 5.74) is 0.567. The van der Waals surface area contributed by atoms with Crippen LogP contribution in [0.15, 0.2) is 30.3 Å². The molecule has 0 bridgehead atoms. The van der Waals surface area contributed by atoms with Crippen molar-refractivity contribution >= 4 is 6.03 Å². The first-order valence-corrected chi connectivity index (χ1v) is 8.69. The maximum atomic E-state index is 12.0. The molecule has 1 saturated carbocycles. The molecule has 5 heteroatoms. The van der Waals surface area contributed by atoms with Gasteiger partial charge in [0, 0.05) is 13.1 Å². The average Bonchev–Trinajstić information content (AvgIpc) is 3.06.